The minimum atomic E-state index is -0.276. The molecule has 0 bridgehead atoms. The summed E-state index contributed by atoms with van der Waals surface area (Å²) < 4.78 is 19.3. The van der Waals surface area contributed by atoms with Crippen molar-refractivity contribution in [3.63, 3.8) is 0 Å². The first-order chi connectivity index (χ1) is 7.59. The number of halogens is 1. The number of hydrogen-bond donors (Lipinski definition) is 0. The minimum absolute atomic E-state index is 0.0368. The maximum absolute atomic E-state index is 13.8. The van der Waals surface area contributed by atoms with Crippen molar-refractivity contribution in [3.05, 3.63) is 29.6 Å². The van der Waals surface area contributed by atoms with E-state index in [2.05, 4.69) is 41.5 Å². The van der Waals surface area contributed by atoms with E-state index < -0.39 is 0 Å². The molecule has 0 amide bonds. The Hall–Kier alpha value is -1.05. The largest absolute Gasteiger partial charge is 0.490 e. The van der Waals surface area contributed by atoms with E-state index in [4.69, 9.17) is 4.74 Å². The lowest BCUT2D eigenvalue weighted by molar-refractivity contribution is 0.191. The van der Waals surface area contributed by atoms with Crippen LogP contribution >= 0.6 is 0 Å². The Labute approximate surface area is 104 Å². The molecule has 0 aliphatic heterocycles. The highest BCUT2D eigenvalue weighted by Crippen LogP contribution is 2.27. The standard InChI is InChI=1S/C15H23FO/c1-14(2,3)10-17-13-8-7-11(9-12(13)16)15(4,5)6/h7-9H,10H2,1-6H3. The van der Waals surface area contributed by atoms with Crippen LogP contribution in [0.15, 0.2) is 18.2 Å². The monoisotopic (exact) mass is 238 g/mol. The van der Waals surface area contributed by atoms with Crippen LogP contribution in [0, 0.1) is 11.2 Å². The Bertz CT molecular complexity index is 383. The molecule has 0 saturated carbocycles. The van der Waals surface area contributed by atoms with E-state index in [0.29, 0.717) is 12.4 Å². The molecule has 0 aromatic heterocycles. The van der Waals surface area contributed by atoms with Gasteiger partial charge in [0.2, 0.25) is 0 Å². The molecule has 1 nitrogen and oxygen atoms in total. The predicted octanol–water partition coefficient (Wildman–Crippen LogP) is 4.55. The van der Waals surface area contributed by atoms with E-state index in [1.165, 1.54) is 0 Å². The van der Waals surface area contributed by atoms with Gasteiger partial charge in [-0.1, -0.05) is 47.6 Å². The first-order valence-corrected chi connectivity index (χ1v) is 6.02. The SMILES string of the molecule is CC(C)(C)COc1ccc(C(C)(C)C)cc1F. The number of hydrogen-bond acceptors (Lipinski definition) is 1. The second kappa shape index (κ2) is 4.67. The van der Waals surface area contributed by atoms with Crippen molar-refractivity contribution in [1.29, 1.82) is 0 Å². The third kappa shape index (κ3) is 4.37. The Morgan fingerprint density at radius 3 is 2.06 bits per heavy atom. The summed E-state index contributed by atoms with van der Waals surface area (Å²) in [6.45, 7) is 12.9. The average Bonchev–Trinajstić information content (AvgIpc) is 2.12. The normalized spacial score (nSPS) is 12.6. The van der Waals surface area contributed by atoms with E-state index in [-0.39, 0.29) is 16.6 Å². The molecule has 1 aromatic rings. The zero-order valence-electron chi connectivity index (χ0n) is 11.7. The van der Waals surface area contributed by atoms with Gasteiger partial charge < -0.3 is 4.74 Å². The van der Waals surface area contributed by atoms with Crippen LogP contribution in [0.25, 0.3) is 0 Å². The molecule has 2 heteroatoms. The minimum Gasteiger partial charge on any atom is -0.490 e. The number of benzene rings is 1. The molecule has 96 valence electrons. The van der Waals surface area contributed by atoms with Gasteiger partial charge in [0.05, 0.1) is 6.61 Å². The molecule has 0 N–H and O–H groups in total. The summed E-state index contributed by atoms with van der Waals surface area (Å²) in [5, 5.41) is 0. The van der Waals surface area contributed by atoms with Crippen molar-refractivity contribution >= 4 is 0 Å². The maximum Gasteiger partial charge on any atom is 0.165 e. The molecule has 17 heavy (non-hydrogen) atoms. The summed E-state index contributed by atoms with van der Waals surface area (Å²) in [5.74, 6) is 0.0644. The molecule has 0 fully saturated rings. The van der Waals surface area contributed by atoms with Gasteiger partial charge in [-0.05, 0) is 28.5 Å². The Balaban J connectivity index is 2.84. The average molecular weight is 238 g/mol. The van der Waals surface area contributed by atoms with Crippen LogP contribution in [0.1, 0.15) is 47.1 Å². The highest BCUT2D eigenvalue weighted by atomic mass is 19.1. The summed E-state index contributed by atoms with van der Waals surface area (Å²) in [6, 6.07) is 5.22. The van der Waals surface area contributed by atoms with Gasteiger partial charge in [-0.15, -0.1) is 0 Å². The highest BCUT2D eigenvalue weighted by molar-refractivity contribution is 5.32. The van der Waals surface area contributed by atoms with E-state index in [9.17, 15) is 4.39 Å². The van der Waals surface area contributed by atoms with Crippen molar-refractivity contribution in [3.8, 4) is 5.75 Å². The van der Waals surface area contributed by atoms with Gasteiger partial charge in [0.1, 0.15) is 0 Å². The Morgan fingerprint density at radius 1 is 1.06 bits per heavy atom. The topological polar surface area (TPSA) is 9.23 Å². The lowest BCUT2D eigenvalue weighted by atomic mass is 9.87. The molecule has 1 rings (SSSR count). The molecule has 0 unspecified atom stereocenters. The van der Waals surface area contributed by atoms with Crippen LogP contribution in [0.2, 0.25) is 0 Å². The lowest BCUT2D eigenvalue weighted by Gasteiger charge is -2.22. The fourth-order valence-corrected chi connectivity index (χ4v) is 1.38. The molecule has 0 spiro atoms. The first-order valence-electron chi connectivity index (χ1n) is 6.02. The molecule has 0 aliphatic carbocycles. The molecule has 0 atom stereocenters. The third-order valence-corrected chi connectivity index (χ3v) is 2.46. The van der Waals surface area contributed by atoms with Gasteiger partial charge in [0.25, 0.3) is 0 Å². The van der Waals surface area contributed by atoms with Crippen molar-refractivity contribution < 1.29 is 9.13 Å². The molecule has 1 aromatic carbocycles. The van der Waals surface area contributed by atoms with Crippen LogP contribution in [0.3, 0.4) is 0 Å². The van der Waals surface area contributed by atoms with Crippen molar-refractivity contribution in [2.24, 2.45) is 5.41 Å². The van der Waals surface area contributed by atoms with Gasteiger partial charge in [0, 0.05) is 0 Å². The summed E-state index contributed by atoms with van der Waals surface area (Å²) >= 11 is 0. The van der Waals surface area contributed by atoms with Gasteiger partial charge in [-0.3, -0.25) is 0 Å². The quantitative estimate of drug-likeness (QED) is 0.734. The predicted molar refractivity (Wildman–Crippen MR) is 70.1 cm³/mol. The fraction of sp³-hybridized carbons (Fsp3) is 0.600. The van der Waals surface area contributed by atoms with Gasteiger partial charge >= 0.3 is 0 Å². The molecule has 0 saturated heterocycles. The Morgan fingerprint density at radius 2 is 1.65 bits per heavy atom. The lowest BCUT2D eigenvalue weighted by Crippen LogP contribution is -2.18. The van der Waals surface area contributed by atoms with Crippen LogP contribution in [0.5, 0.6) is 5.75 Å². The fourth-order valence-electron chi connectivity index (χ4n) is 1.38. The zero-order valence-corrected chi connectivity index (χ0v) is 11.7. The second-order valence-corrected chi connectivity index (χ2v) is 6.74. The smallest absolute Gasteiger partial charge is 0.165 e. The third-order valence-electron chi connectivity index (χ3n) is 2.46. The molecule has 0 heterocycles. The van der Waals surface area contributed by atoms with Crippen molar-refractivity contribution in [2.45, 2.75) is 47.0 Å². The number of rotatable bonds is 2. The van der Waals surface area contributed by atoms with E-state index in [1.54, 1.807) is 12.1 Å². The van der Waals surface area contributed by atoms with Crippen molar-refractivity contribution in [2.75, 3.05) is 6.61 Å². The molecular weight excluding hydrogens is 215 g/mol. The number of ether oxygens (including phenoxy) is 1. The van der Waals surface area contributed by atoms with Gasteiger partial charge in [-0.2, -0.15) is 0 Å². The summed E-state index contributed by atoms with van der Waals surface area (Å²) in [4.78, 5) is 0. The summed E-state index contributed by atoms with van der Waals surface area (Å²) in [6.07, 6.45) is 0. The van der Waals surface area contributed by atoms with Crippen LogP contribution in [-0.2, 0) is 5.41 Å². The van der Waals surface area contributed by atoms with Crippen LogP contribution < -0.4 is 4.74 Å². The van der Waals surface area contributed by atoms with E-state index >= 15 is 0 Å². The molecule has 0 aliphatic rings. The molecule has 0 radical (unpaired) electrons. The Kier molecular flexibility index (Phi) is 3.85. The first kappa shape index (κ1) is 14.0. The van der Waals surface area contributed by atoms with Crippen LogP contribution in [-0.4, -0.2) is 6.61 Å². The van der Waals surface area contributed by atoms with E-state index in [0.717, 1.165) is 5.56 Å². The zero-order chi connectivity index (χ0) is 13.3. The summed E-state index contributed by atoms with van der Waals surface area (Å²) in [7, 11) is 0. The van der Waals surface area contributed by atoms with Crippen molar-refractivity contribution in [1.82, 2.24) is 0 Å². The highest BCUT2D eigenvalue weighted by Gasteiger charge is 2.17. The maximum atomic E-state index is 13.8. The second-order valence-electron chi connectivity index (χ2n) is 6.74. The van der Waals surface area contributed by atoms with Gasteiger partial charge in [-0.25, -0.2) is 4.39 Å². The van der Waals surface area contributed by atoms with Crippen LogP contribution in [0.4, 0.5) is 4.39 Å². The van der Waals surface area contributed by atoms with E-state index in [1.807, 2.05) is 6.07 Å². The van der Waals surface area contributed by atoms with Gasteiger partial charge in [0.15, 0.2) is 11.6 Å². The molecular formula is C15H23FO. The summed E-state index contributed by atoms with van der Waals surface area (Å²) in [5.41, 5.74) is 0.983.